The first-order valence-corrected chi connectivity index (χ1v) is 7.34. The SMILES string of the molecule is CCCC(C)NC(=S)Nc1nc2ccccc2s1. The molecule has 0 saturated carbocycles. The van der Waals surface area contributed by atoms with Crippen LogP contribution >= 0.6 is 23.6 Å². The Labute approximate surface area is 117 Å². The van der Waals surface area contributed by atoms with E-state index in [9.17, 15) is 0 Å². The van der Waals surface area contributed by atoms with Crippen LogP contribution in [0.25, 0.3) is 10.2 Å². The molecule has 3 nitrogen and oxygen atoms in total. The number of para-hydroxylation sites is 1. The number of hydrogen-bond acceptors (Lipinski definition) is 3. The van der Waals surface area contributed by atoms with Gasteiger partial charge in [-0.3, -0.25) is 0 Å². The Bertz CT molecular complexity index is 503. The van der Waals surface area contributed by atoms with Gasteiger partial charge in [0.2, 0.25) is 0 Å². The van der Waals surface area contributed by atoms with Crippen LogP contribution in [-0.2, 0) is 0 Å². The Morgan fingerprint density at radius 1 is 1.44 bits per heavy atom. The number of rotatable bonds is 4. The van der Waals surface area contributed by atoms with Crippen LogP contribution in [0.5, 0.6) is 0 Å². The Morgan fingerprint density at radius 2 is 2.22 bits per heavy atom. The third kappa shape index (κ3) is 3.40. The maximum atomic E-state index is 5.28. The molecule has 1 heterocycles. The number of nitrogens with zero attached hydrogens (tertiary/aromatic N) is 1. The highest BCUT2D eigenvalue weighted by molar-refractivity contribution is 7.80. The summed E-state index contributed by atoms with van der Waals surface area (Å²) < 4.78 is 1.17. The average molecular weight is 279 g/mol. The van der Waals surface area contributed by atoms with E-state index in [4.69, 9.17) is 12.2 Å². The predicted molar refractivity (Wildman–Crippen MR) is 83.3 cm³/mol. The van der Waals surface area contributed by atoms with Crippen molar-refractivity contribution in [2.24, 2.45) is 0 Å². The fraction of sp³-hybridized carbons (Fsp3) is 0.385. The number of thiazole rings is 1. The Balaban J connectivity index is 1.98. The van der Waals surface area contributed by atoms with Crippen LogP contribution in [-0.4, -0.2) is 16.1 Å². The van der Waals surface area contributed by atoms with E-state index < -0.39 is 0 Å². The molecule has 1 aromatic carbocycles. The summed E-state index contributed by atoms with van der Waals surface area (Å²) in [4.78, 5) is 4.49. The molecule has 5 heteroatoms. The average Bonchev–Trinajstić information content (AvgIpc) is 2.70. The second-order valence-electron chi connectivity index (χ2n) is 4.27. The lowest BCUT2D eigenvalue weighted by Gasteiger charge is -2.14. The van der Waals surface area contributed by atoms with E-state index in [1.165, 1.54) is 4.70 Å². The van der Waals surface area contributed by atoms with Gasteiger partial charge in [0.1, 0.15) is 0 Å². The first-order valence-electron chi connectivity index (χ1n) is 6.12. The Morgan fingerprint density at radius 3 is 2.94 bits per heavy atom. The topological polar surface area (TPSA) is 37.0 Å². The van der Waals surface area contributed by atoms with Gasteiger partial charge < -0.3 is 10.6 Å². The van der Waals surface area contributed by atoms with Crippen molar-refractivity contribution < 1.29 is 0 Å². The molecule has 0 bridgehead atoms. The van der Waals surface area contributed by atoms with Crippen LogP contribution in [0.15, 0.2) is 24.3 Å². The highest BCUT2D eigenvalue weighted by Crippen LogP contribution is 2.25. The number of nitrogens with one attached hydrogen (secondary N) is 2. The lowest BCUT2D eigenvalue weighted by atomic mass is 10.2. The summed E-state index contributed by atoms with van der Waals surface area (Å²) in [5, 5.41) is 7.90. The zero-order valence-electron chi connectivity index (χ0n) is 10.6. The summed E-state index contributed by atoms with van der Waals surface area (Å²) in [5.74, 6) is 0. The number of hydrogen-bond donors (Lipinski definition) is 2. The van der Waals surface area contributed by atoms with Gasteiger partial charge >= 0.3 is 0 Å². The van der Waals surface area contributed by atoms with Crippen LogP contribution in [0, 0.1) is 0 Å². The van der Waals surface area contributed by atoms with Crippen molar-refractivity contribution in [3.63, 3.8) is 0 Å². The van der Waals surface area contributed by atoms with Crippen LogP contribution in [0.3, 0.4) is 0 Å². The molecule has 1 atom stereocenters. The van der Waals surface area contributed by atoms with E-state index in [2.05, 4.69) is 35.5 Å². The quantitative estimate of drug-likeness (QED) is 0.835. The molecule has 2 aromatic rings. The summed E-state index contributed by atoms with van der Waals surface area (Å²) in [6.45, 7) is 4.30. The lowest BCUT2D eigenvalue weighted by molar-refractivity contribution is 0.599. The normalized spacial score (nSPS) is 12.3. The molecule has 96 valence electrons. The molecule has 0 radical (unpaired) electrons. The first-order chi connectivity index (χ1) is 8.69. The number of aromatic nitrogens is 1. The fourth-order valence-electron chi connectivity index (χ4n) is 1.79. The molecule has 0 aliphatic carbocycles. The zero-order valence-corrected chi connectivity index (χ0v) is 12.2. The van der Waals surface area contributed by atoms with Gasteiger partial charge in [-0.05, 0) is 37.7 Å². The van der Waals surface area contributed by atoms with E-state index >= 15 is 0 Å². The fourth-order valence-corrected chi connectivity index (χ4v) is 3.02. The predicted octanol–water partition coefficient (Wildman–Crippen LogP) is 3.77. The van der Waals surface area contributed by atoms with Crippen LogP contribution in [0.2, 0.25) is 0 Å². The van der Waals surface area contributed by atoms with E-state index in [1.807, 2.05) is 18.2 Å². The molecule has 0 spiro atoms. The van der Waals surface area contributed by atoms with Gasteiger partial charge in [0, 0.05) is 6.04 Å². The van der Waals surface area contributed by atoms with Gasteiger partial charge in [-0.15, -0.1) is 0 Å². The summed E-state index contributed by atoms with van der Waals surface area (Å²) in [5.41, 5.74) is 1.01. The second kappa shape index (κ2) is 6.11. The molecule has 0 amide bonds. The molecule has 2 rings (SSSR count). The standard InChI is InChI=1S/C13H17N3S2/c1-3-6-9(2)14-12(17)16-13-15-10-7-4-5-8-11(10)18-13/h4-5,7-9H,3,6H2,1-2H3,(H2,14,15,16,17). The highest BCUT2D eigenvalue weighted by atomic mass is 32.1. The van der Waals surface area contributed by atoms with Gasteiger partial charge in [-0.2, -0.15) is 0 Å². The minimum absolute atomic E-state index is 0.393. The van der Waals surface area contributed by atoms with Crippen LogP contribution in [0.4, 0.5) is 5.13 Å². The summed E-state index contributed by atoms with van der Waals surface area (Å²) in [6, 6.07) is 8.47. The molecule has 0 aliphatic heterocycles. The maximum Gasteiger partial charge on any atom is 0.190 e. The van der Waals surface area contributed by atoms with Crippen molar-refractivity contribution in [3.05, 3.63) is 24.3 Å². The third-order valence-corrected chi connectivity index (χ3v) is 3.79. The summed E-state index contributed by atoms with van der Waals surface area (Å²) in [7, 11) is 0. The van der Waals surface area contributed by atoms with Crippen LogP contribution in [0.1, 0.15) is 26.7 Å². The molecule has 1 aromatic heterocycles. The number of thiocarbonyl (C=S) groups is 1. The van der Waals surface area contributed by atoms with Crippen LogP contribution < -0.4 is 10.6 Å². The second-order valence-corrected chi connectivity index (χ2v) is 5.71. The van der Waals surface area contributed by atoms with Crippen molar-refractivity contribution in [2.75, 3.05) is 5.32 Å². The molecule has 0 saturated heterocycles. The molecule has 1 unspecified atom stereocenters. The Hall–Kier alpha value is -1.20. The van der Waals surface area contributed by atoms with E-state index in [-0.39, 0.29) is 0 Å². The van der Waals surface area contributed by atoms with Crippen molar-refractivity contribution in [1.82, 2.24) is 10.3 Å². The highest BCUT2D eigenvalue weighted by Gasteiger charge is 2.06. The summed E-state index contributed by atoms with van der Waals surface area (Å²) >= 11 is 6.89. The number of anilines is 1. The summed E-state index contributed by atoms with van der Waals surface area (Å²) in [6.07, 6.45) is 2.26. The number of benzene rings is 1. The zero-order chi connectivity index (χ0) is 13.0. The van der Waals surface area contributed by atoms with Crippen molar-refractivity contribution in [3.8, 4) is 0 Å². The minimum atomic E-state index is 0.393. The first kappa shape index (κ1) is 13.2. The van der Waals surface area contributed by atoms with Gasteiger partial charge in [0.25, 0.3) is 0 Å². The molecule has 18 heavy (non-hydrogen) atoms. The smallest absolute Gasteiger partial charge is 0.190 e. The van der Waals surface area contributed by atoms with Crippen molar-refractivity contribution in [1.29, 1.82) is 0 Å². The van der Waals surface area contributed by atoms with Gasteiger partial charge in [0.15, 0.2) is 10.2 Å². The van der Waals surface area contributed by atoms with E-state index in [0.717, 1.165) is 23.5 Å². The van der Waals surface area contributed by atoms with Gasteiger partial charge in [0.05, 0.1) is 10.2 Å². The molecule has 2 N–H and O–H groups in total. The largest absolute Gasteiger partial charge is 0.360 e. The van der Waals surface area contributed by atoms with E-state index in [0.29, 0.717) is 11.2 Å². The minimum Gasteiger partial charge on any atom is -0.360 e. The van der Waals surface area contributed by atoms with Crippen molar-refractivity contribution in [2.45, 2.75) is 32.7 Å². The molecular formula is C13H17N3S2. The third-order valence-electron chi connectivity index (χ3n) is 2.61. The van der Waals surface area contributed by atoms with Gasteiger partial charge in [-0.25, -0.2) is 4.98 Å². The van der Waals surface area contributed by atoms with Gasteiger partial charge in [-0.1, -0.05) is 36.8 Å². The maximum absolute atomic E-state index is 5.28. The molecule has 0 fully saturated rings. The number of fused-ring (bicyclic) bond motifs is 1. The molecule has 0 aliphatic rings. The lowest BCUT2D eigenvalue weighted by Crippen LogP contribution is -2.35. The van der Waals surface area contributed by atoms with E-state index in [1.54, 1.807) is 11.3 Å². The molecular weight excluding hydrogens is 262 g/mol. The monoisotopic (exact) mass is 279 g/mol. The Kier molecular flexibility index (Phi) is 4.49. The van der Waals surface area contributed by atoms with Crippen molar-refractivity contribution >= 4 is 44.0 Å².